The molecule has 1 N–H and O–H groups in total. The number of nitriles is 3. The molecular formula is C12H6N8. The second-order valence-corrected chi connectivity index (χ2v) is 3.52. The van der Waals surface area contributed by atoms with Crippen molar-refractivity contribution in [2.75, 3.05) is 5.32 Å². The molecule has 0 aliphatic heterocycles. The van der Waals surface area contributed by atoms with Gasteiger partial charge in [-0.2, -0.15) is 15.8 Å². The van der Waals surface area contributed by atoms with E-state index in [1.807, 2.05) is 0 Å². The molecule has 0 radical (unpaired) electrons. The SMILES string of the molecule is N#CC(C#N)=C(C#N)Nc1cccc(-n2cnnn2)c1. The van der Waals surface area contributed by atoms with E-state index in [9.17, 15) is 0 Å². The van der Waals surface area contributed by atoms with Gasteiger partial charge in [0.2, 0.25) is 0 Å². The number of hydrogen-bond donors (Lipinski definition) is 1. The van der Waals surface area contributed by atoms with E-state index in [4.69, 9.17) is 15.8 Å². The Bertz CT molecular complexity index is 751. The molecule has 0 saturated heterocycles. The smallest absolute Gasteiger partial charge is 0.163 e. The molecule has 1 aromatic carbocycles. The fourth-order valence-electron chi connectivity index (χ4n) is 1.43. The van der Waals surface area contributed by atoms with Gasteiger partial charge in [-0.3, -0.25) is 0 Å². The summed E-state index contributed by atoms with van der Waals surface area (Å²) in [6.45, 7) is 0. The Morgan fingerprint density at radius 2 is 1.95 bits per heavy atom. The topological polar surface area (TPSA) is 127 Å². The molecule has 2 rings (SSSR count). The first kappa shape index (κ1) is 12.7. The standard InChI is InChI=1S/C12H6N8/c13-5-9(6-14)12(7-15)17-10-2-1-3-11(4-10)20-8-16-18-19-20/h1-4,8,17H. The Hall–Kier alpha value is -3.70. The third-order valence-corrected chi connectivity index (χ3v) is 2.31. The Balaban J connectivity index is 2.35. The summed E-state index contributed by atoms with van der Waals surface area (Å²) in [5.41, 5.74) is 0.828. The van der Waals surface area contributed by atoms with Gasteiger partial charge in [0.15, 0.2) is 5.57 Å². The predicted molar refractivity (Wildman–Crippen MR) is 66.6 cm³/mol. The summed E-state index contributed by atoms with van der Waals surface area (Å²) < 4.78 is 1.44. The number of rotatable bonds is 3. The van der Waals surface area contributed by atoms with E-state index in [2.05, 4.69) is 20.8 Å². The highest BCUT2D eigenvalue weighted by Crippen LogP contribution is 2.16. The van der Waals surface area contributed by atoms with Gasteiger partial charge in [0, 0.05) is 5.69 Å². The third-order valence-electron chi connectivity index (χ3n) is 2.31. The molecule has 0 spiro atoms. The number of hydrogen-bond acceptors (Lipinski definition) is 7. The van der Waals surface area contributed by atoms with Crippen LogP contribution in [0, 0.1) is 34.0 Å². The number of allylic oxidation sites excluding steroid dienone is 2. The highest BCUT2D eigenvalue weighted by molar-refractivity contribution is 5.60. The van der Waals surface area contributed by atoms with Crippen LogP contribution in [0.5, 0.6) is 0 Å². The van der Waals surface area contributed by atoms with Gasteiger partial charge in [0.05, 0.1) is 5.69 Å². The molecule has 94 valence electrons. The first-order valence-corrected chi connectivity index (χ1v) is 5.33. The van der Waals surface area contributed by atoms with E-state index >= 15 is 0 Å². The monoisotopic (exact) mass is 262 g/mol. The van der Waals surface area contributed by atoms with Gasteiger partial charge < -0.3 is 5.32 Å². The Morgan fingerprint density at radius 1 is 1.15 bits per heavy atom. The molecule has 8 heteroatoms. The van der Waals surface area contributed by atoms with E-state index in [0.717, 1.165) is 0 Å². The zero-order chi connectivity index (χ0) is 14.4. The minimum atomic E-state index is -0.277. The zero-order valence-electron chi connectivity index (χ0n) is 10.0. The van der Waals surface area contributed by atoms with Gasteiger partial charge in [-0.1, -0.05) is 6.07 Å². The van der Waals surface area contributed by atoms with Crippen molar-refractivity contribution in [1.82, 2.24) is 20.2 Å². The highest BCUT2D eigenvalue weighted by atomic mass is 15.5. The van der Waals surface area contributed by atoms with Gasteiger partial charge in [0.25, 0.3) is 0 Å². The van der Waals surface area contributed by atoms with E-state index in [1.54, 1.807) is 42.5 Å². The molecule has 0 unspecified atom stereocenters. The first-order valence-electron chi connectivity index (χ1n) is 5.33. The number of tetrazole rings is 1. The van der Waals surface area contributed by atoms with E-state index < -0.39 is 0 Å². The lowest BCUT2D eigenvalue weighted by Crippen LogP contribution is -2.02. The molecule has 0 atom stereocenters. The third kappa shape index (κ3) is 2.58. The van der Waals surface area contributed by atoms with Crippen molar-refractivity contribution in [2.45, 2.75) is 0 Å². The molecular weight excluding hydrogens is 256 g/mol. The second kappa shape index (κ2) is 5.76. The zero-order valence-corrected chi connectivity index (χ0v) is 10.0. The Morgan fingerprint density at radius 3 is 2.55 bits per heavy atom. The Kier molecular flexibility index (Phi) is 3.67. The number of nitrogens with zero attached hydrogens (tertiary/aromatic N) is 7. The van der Waals surface area contributed by atoms with Crippen molar-refractivity contribution < 1.29 is 0 Å². The van der Waals surface area contributed by atoms with Gasteiger partial charge in [-0.15, -0.1) is 5.10 Å². The van der Waals surface area contributed by atoms with Crippen LogP contribution < -0.4 is 5.32 Å². The molecule has 8 nitrogen and oxygen atoms in total. The van der Waals surface area contributed by atoms with Crippen LogP contribution in [0.2, 0.25) is 0 Å². The summed E-state index contributed by atoms with van der Waals surface area (Å²) in [5.74, 6) is 0. The van der Waals surface area contributed by atoms with Crippen molar-refractivity contribution in [3.05, 3.63) is 41.9 Å². The van der Waals surface area contributed by atoms with Crippen molar-refractivity contribution in [2.24, 2.45) is 0 Å². The molecule has 1 heterocycles. The van der Waals surface area contributed by atoms with Crippen LogP contribution in [0.1, 0.15) is 0 Å². The summed E-state index contributed by atoms with van der Waals surface area (Å²) in [7, 11) is 0. The van der Waals surface area contributed by atoms with Gasteiger partial charge >= 0.3 is 0 Å². The van der Waals surface area contributed by atoms with E-state index in [0.29, 0.717) is 11.4 Å². The van der Waals surface area contributed by atoms with Crippen molar-refractivity contribution in [1.29, 1.82) is 15.8 Å². The van der Waals surface area contributed by atoms with E-state index in [1.165, 1.54) is 11.0 Å². The molecule has 20 heavy (non-hydrogen) atoms. The molecule has 2 aromatic rings. The fraction of sp³-hybridized carbons (Fsp3) is 0. The quantitative estimate of drug-likeness (QED) is 0.813. The number of aromatic nitrogens is 4. The number of benzene rings is 1. The minimum absolute atomic E-state index is 0.108. The number of anilines is 1. The molecule has 0 amide bonds. The van der Waals surface area contributed by atoms with Crippen LogP contribution in [0.25, 0.3) is 5.69 Å². The lowest BCUT2D eigenvalue weighted by Gasteiger charge is -2.06. The summed E-state index contributed by atoms with van der Waals surface area (Å²) in [5, 5.41) is 40.0. The molecule has 0 saturated carbocycles. The Labute approximate surface area is 113 Å². The minimum Gasteiger partial charge on any atom is -0.345 e. The van der Waals surface area contributed by atoms with Crippen LogP contribution in [0.3, 0.4) is 0 Å². The molecule has 1 aromatic heterocycles. The van der Waals surface area contributed by atoms with Gasteiger partial charge in [0.1, 0.15) is 30.2 Å². The summed E-state index contributed by atoms with van der Waals surface area (Å²) in [6, 6.07) is 12.0. The predicted octanol–water partition coefficient (Wildman–Crippen LogP) is 0.899. The van der Waals surface area contributed by atoms with Crippen LogP contribution in [-0.2, 0) is 0 Å². The van der Waals surface area contributed by atoms with Crippen LogP contribution in [0.15, 0.2) is 41.9 Å². The van der Waals surface area contributed by atoms with Crippen LogP contribution >= 0.6 is 0 Å². The average Bonchev–Trinajstić information content (AvgIpc) is 3.02. The van der Waals surface area contributed by atoms with Crippen molar-refractivity contribution >= 4 is 5.69 Å². The van der Waals surface area contributed by atoms with Gasteiger partial charge in [-0.05, 0) is 28.6 Å². The van der Waals surface area contributed by atoms with Crippen LogP contribution in [-0.4, -0.2) is 20.2 Å². The normalized spacial score (nSPS) is 8.85. The summed E-state index contributed by atoms with van der Waals surface area (Å²) in [6.07, 6.45) is 1.43. The van der Waals surface area contributed by atoms with E-state index in [-0.39, 0.29) is 11.3 Å². The van der Waals surface area contributed by atoms with Crippen molar-refractivity contribution in [3.63, 3.8) is 0 Å². The maximum atomic E-state index is 8.96. The largest absolute Gasteiger partial charge is 0.345 e. The lowest BCUT2D eigenvalue weighted by molar-refractivity contribution is 0.789. The lowest BCUT2D eigenvalue weighted by atomic mass is 10.2. The molecule has 0 fully saturated rings. The highest BCUT2D eigenvalue weighted by Gasteiger charge is 2.07. The molecule has 0 bridgehead atoms. The molecule has 0 aliphatic carbocycles. The van der Waals surface area contributed by atoms with Gasteiger partial charge in [-0.25, -0.2) is 4.68 Å². The molecule has 0 aliphatic rings. The summed E-state index contributed by atoms with van der Waals surface area (Å²) >= 11 is 0. The van der Waals surface area contributed by atoms with Crippen LogP contribution in [0.4, 0.5) is 5.69 Å². The average molecular weight is 262 g/mol. The maximum Gasteiger partial charge on any atom is 0.163 e. The number of nitrogens with one attached hydrogen (secondary N) is 1. The maximum absolute atomic E-state index is 8.96. The second-order valence-electron chi connectivity index (χ2n) is 3.52. The van der Waals surface area contributed by atoms with Crippen molar-refractivity contribution in [3.8, 4) is 23.9 Å². The fourth-order valence-corrected chi connectivity index (χ4v) is 1.43. The summed E-state index contributed by atoms with van der Waals surface area (Å²) in [4.78, 5) is 0. The first-order chi connectivity index (χ1) is 9.78.